The van der Waals surface area contributed by atoms with Gasteiger partial charge in [-0.25, -0.2) is 13.2 Å². The van der Waals surface area contributed by atoms with Gasteiger partial charge in [-0.05, 0) is 54.8 Å². The Labute approximate surface area is 170 Å². The first-order chi connectivity index (χ1) is 13.8. The molecule has 0 saturated heterocycles. The smallest absolute Gasteiger partial charge is 0.411 e. The number of ether oxygens (including phenoxy) is 1. The second-order valence-corrected chi connectivity index (χ2v) is 8.27. The number of hydrogen-bond donors (Lipinski definition) is 2. The van der Waals surface area contributed by atoms with Crippen molar-refractivity contribution in [1.29, 1.82) is 0 Å². The SMILES string of the molecule is Cc1cccc(C)c1NS(=O)(=O)c1ccc(NC(=O)OCc2ccccc2)cc1. The first-order valence-corrected chi connectivity index (χ1v) is 10.5. The summed E-state index contributed by atoms with van der Waals surface area (Å²) in [5.41, 5.74) is 3.57. The number of carbonyl (C=O) groups is 1. The molecule has 1 amide bonds. The molecule has 150 valence electrons. The molecule has 0 bridgehead atoms. The van der Waals surface area contributed by atoms with E-state index < -0.39 is 16.1 Å². The Morgan fingerprint density at radius 3 is 2.10 bits per heavy atom. The number of nitrogens with one attached hydrogen (secondary N) is 2. The molecular weight excluding hydrogens is 388 g/mol. The fourth-order valence-electron chi connectivity index (χ4n) is 2.76. The van der Waals surface area contributed by atoms with Gasteiger partial charge >= 0.3 is 6.09 Å². The summed E-state index contributed by atoms with van der Waals surface area (Å²) in [6, 6.07) is 20.8. The van der Waals surface area contributed by atoms with Crippen molar-refractivity contribution in [2.24, 2.45) is 0 Å². The van der Waals surface area contributed by atoms with E-state index in [9.17, 15) is 13.2 Å². The third-order valence-electron chi connectivity index (χ3n) is 4.34. The summed E-state index contributed by atoms with van der Waals surface area (Å²) in [5.74, 6) is 0. The van der Waals surface area contributed by atoms with Crippen LogP contribution in [0.3, 0.4) is 0 Å². The molecule has 0 fully saturated rings. The molecular formula is C22H22N2O4S. The van der Waals surface area contributed by atoms with Crippen molar-refractivity contribution < 1.29 is 17.9 Å². The minimum absolute atomic E-state index is 0.100. The molecule has 0 aliphatic rings. The minimum atomic E-state index is -3.74. The van der Waals surface area contributed by atoms with Gasteiger partial charge in [-0.1, -0.05) is 48.5 Å². The molecule has 2 N–H and O–H groups in total. The Balaban J connectivity index is 1.64. The zero-order valence-electron chi connectivity index (χ0n) is 16.2. The molecule has 3 rings (SSSR count). The second-order valence-electron chi connectivity index (χ2n) is 6.58. The average Bonchev–Trinajstić information content (AvgIpc) is 2.71. The van der Waals surface area contributed by atoms with Gasteiger partial charge in [-0.2, -0.15) is 0 Å². The van der Waals surface area contributed by atoms with E-state index in [0.29, 0.717) is 11.4 Å². The number of benzene rings is 3. The largest absolute Gasteiger partial charge is 0.444 e. The highest BCUT2D eigenvalue weighted by Gasteiger charge is 2.16. The summed E-state index contributed by atoms with van der Waals surface area (Å²) < 4.78 is 33.1. The van der Waals surface area contributed by atoms with E-state index in [1.54, 1.807) is 0 Å². The molecule has 0 aliphatic carbocycles. The van der Waals surface area contributed by atoms with Crippen LogP contribution in [0.5, 0.6) is 0 Å². The first-order valence-electron chi connectivity index (χ1n) is 9.02. The molecule has 0 saturated carbocycles. The van der Waals surface area contributed by atoms with Crippen molar-refractivity contribution in [3.8, 4) is 0 Å². The quantitative estimate of drug-likeness (QED) is 0.608. The third kappa shape index (κ3) is 5.36. The number of hydrogen-bond acceptors (Lipinski definition) is 4. The molecule has 3 aromatic rings. The molecule has 6 nitrogen and oxygen atoms in total. The van der Waals surface area contributed by atoms with E-state index in [1.165, 1.54) is 24.3 Å². The van der Waals surface area contributed by atoms with Crippen molar-refractivity contribution in [1.82, 2.24) is 0 Å². The summed E-state index contributed by atoms with van der Waals surface area (Å²) >= 11 is 0. The van der Waals surface area contributed by atoms with E-state index in [0.717, 1.165) is 16.7 Å². The Kier molecular flexibility index (Phi) is 6.19. The Morgan fingerprint density at radius 1 is 0.862 bits per heavy atom. The highest BCUT2D eigenvalue weighted by molar-refractivity contribution is 7.92. The number of amides is 1. The molecule has 0 radical (unpaired) electrons. The Hall–Kier alpha value is -3.32. The van der Waals surface area contributed by atoms with Gasteiger partial charge in [-0.15, -0.1) is 0 Å². The minimum Gasteiger partial charge on any atom is -0.444 e. The van der Waals surface area contributed by atoms with Gasteiger partial charge in [0.2, 0.25) is 0 Å². The summed E-state index contributed by atoms with van der Waals surface area (Å²) in [6.45, 7) is 3.84. The van der Waals surface area contributed by atoms with Crippen LogP contribution in [0.15, 0.2) is 77.7 Å². The predicted molar refractivity (Wildman–Crippen MR) is 113 cm³/mol. The molecule has 0 aliphatic heterocycles. The monoisotopic (exact) mass is 410 g/mol. The van der Waals surface area contributed by atoms with Crippen LogP contribution in [0.1, 0.15) is 16.7 Å². The van der Waals surface area contributed by atoms with E-state index in [4.69, 9.17) is 4.74 Å². The Morgan fingerprint density at radius 2 is 1.48 bits per heavy atom. The van der Waals surface area contributed by atoms with Crippen molar-refractivity contribution in [3.63, 3.8) is 0 Å². The maximum absolute atomic E-state index is 12.7. The highest BCUT2D eigenvalue weighted by Crippen LogP contribution is 2.24. The first kappa shape index (κ1) is 20.4. The lowest BCUT2D eigenvalue weighted by Gasteiger charge is -2.13. The molecule has 29 heavy (non-hydrogen) atoms. The average molecular weight is 410 g/mol. The fraction of sp³-hybridized carbons (Fsp3) is 0.136. The van der Waals surface area contributed by atoms with Crippen LogP contribution in [0.2, 0.25) is 0 Å². The zero-order chi connectivity index (χ0) is 20.9. The predicted octanol–water partition coefficient (Wildman–Crippen LogP) is 4.85. The standard InChI is InChI=1S/C22H22N2O4S/c1-16-7-6-8-17(2)21(16)24-29(26,27)20-13-11-19(12-14-20)23-22(25)28-15-18-9-4-3-5-10-18/h3-14,24H,15H2,1-2H3,(H,23,25). The molecule has 0 heterocycles. The van der Waals surface area contributed by atoms with Crippen molar-refractivity contribution in [3.05, 3.63) is 89.5 Å². The van der Waals surface area contributed by atoms with Gasteiger partial charge in [-0.3, -0.25) is 10.0 Å². The van der Waals surface area contributed by atoms with Crippen LogP contribution in [-0.2, 0) is 21.4 Å². The summed E-state index contributed by atoms with van der Waals surface area (Å²) in [5, 5.41) is 2.58. The lowest BCUT2D eigenvalue weighted by Crippen LogP contribution is -2.15. The topological polar surface area (TPSA) is 84.5 Å². The van der Waals surface area contributed by atoms with Crippen molar-refractivity contribution >= 4 is 27.5 Å². The highest BCUT2D eigenvalue weighted by atomic mass is 32.2. The van der Waals surface area contributed by atoms with Crippen LogP contribution in [0.4, 0.5) is 16.2 Å². The zero-order valence-corrected chi connectivity index (χ0v) is 17.0. The lowest BCUT2D eigenvalue weighted by atomic mass is 10.1. The van der Waals surface area contributed by atoms with Crippen LogP contribution in [-0.4, -0.2) is 14.5 Å². The van der Waals surface area contributed by atoms with Crippen molar-refractivity contribution in [2.75, 3.05) is 10.0 Å². The van der Waals surface area contributed by atoms with Gasteiger partial charge in [0, 0.05) is 5.69 Å². The van der Waals surface area contributed by atoms with Crippen LogP contribution < -0.4 is 10.0 Å². The number of carbonyl (C=O) groups excluding carboxylic acids is 1. The summed E-state index contributed by atoms with van der Waals surface area (Å²) in [6.07, 6.45) is -0.613. The normalized spacial score (nSPS) is 11.0. The van der Waals surface area contributed by atoms with Crippen LogP contribution in [0.25, 0.3) is 0 Å². The van der Waals surface area contributed by atoms with Gasteiger partial charge < -0.3 is 4.74 Å². The van der Waals surface area contributed by atoms with Gasteiger partial charge in [0.15, 0.2) is 0 Å². The maximum atomic E-state index is 12.7. The molecule has 0 atom stereocenters. The second kappa shape index (κ2) is 8.79. The molecule has 0 aromatic heterocycles. The third-order valence-corrected chi connectivity index (χ3v) is 5.71. The molecule has 0 spiro atoms. The van der Waals surface area contributed by atoms with Gasteiger partial charge in [0.05, 0.1) is 10.6 Å². The van der Waals surface area contributed by atoms with E-state index >= 15 is 0 Å². The van der Waals surface area contributed by atoms with E-state index in [1.807, 2.05) is 62.4 Å². The summed E-state index contributed by atoms with van der Waals surface area (Å²) in [4.78, 5) is 12.0. The number of anilines is 2. The molecule has 0 unspecified atom stereocenters. The fourth-order valence-corrected chi connectivity index (χ4v) is 3.97. The van der Waals surface area contributed by atoms with E-state index in [2.05, 4.69) is 10.0 Å². The van der Waals surface area contributed by atoms with Crippen LogP contribution in [0, 0.1) is 13.8 Å². The van der Waals surface area contributed by atoms with Crippen molar-refractivity contribution in [2.45, 2.75) is 25.3 Å². The maximum Gasteiger partial charge on any atom is 0.411 e. The number of aryl methyl sites for hydroxylation is 2. The lowest BCUT2D eigenvalue weighted by molar-refractivity contribution is 0.155. The number of sulfonamides is 1. The van der Waals surface area contributed by atoms with E-state index in [-0.39, 0.29) is 11.5 Å². The van der Waals surface area contributed by atoms with Crippen LogP contribution >= 0.6 is 0 Å². The molecule has 7 heteroatoms. The van der Waals surface area contributed by atoms with Gasteiger partial charge in [0.25, 0.3) is 10.0 Å². The van der Waals surface area contributed by atoms with Gasteiger partial charge in [0.1, 0.15) is 6.61 Å². The number of para-hydroxylation sites is 1. The number of rotatable bonds is 6. The molecule has 3 aromatic carbocycles. The Bertz CT molecular complexity index is 1080. The summed E-state index contributed by atoms with van der Waals surface area (Å²) in [7, 11) is -3.74.